The summed E-state index contributed by atoms with van der Waals surface area (Å²) in [5.41, 5.74) is 5.09. The largest absolute Gasteiger partial charge is 0.359 e. The number of hydrogen-bond acceptors (Lipinski definition) is 6. The minimum absolute atomic E-state index is 0.0197. The molecular weight excluding hydrogens is 428 g/mol. The average molecular weight is 451 g/mol. The fourth-order valence-electron chi connectivity index (χ4n) is 3.58. The van der Waals surface area contributed by atoms with Gasteiger partial charge < -0.3 is 10.3 Å². The molecule has 5 rings (SSSR count). The van der Waals surface area contributed by atoms with Crippen LogP contribution in [0.1, 0.15) is 18.3 Å². The van der Waals surface area contributed by atoms with Crippen molar-refractivity contribution >= 4 is 44.0 Å². The monoisotopic (exact) mass is 450 g/mol. The van der Waals surface area contributed by atoms with E-state index in [0.717, 1.165) is 22.3 Å². The highest BCUT2D eigenvalue weighted by atomic mass is 32.2. The first-order valence-corrected chi connectivity index (χ1v) is 11.7. The van der Waals surface area contributed by atoms with Gasteiger partial charge in [-0.25, -0.2) is 18.4 Å². The fraction of sp³-hybridized carbons (Fsp3) is 0.190. The molecule has 4 heterocycles. The zero-order valence-electron chi connectivity index (χ0n) is 17.8. The number of aryl methyl sites for hydroxylation is 2. The van der Waals surface area contributed by atoms with Gasteiger partial charge in [0.25, 0.3) is 0 Å². The van der Waals surface area contributed by atoms with Crippen LogP contribution in [0.15, 0.2) is 42.7 Å². The number of fused-ring (bicyclic) bond motifs is 2. The van der Waals surface area contributed by atoms with Crippen molar-refractivity contribution in [2.24, 2.45) is 0 Å². The third kappa shape index (κ3) is 3.66. The number of hydrogen-bond donors (Lipinski definition) is 4. The number of imidazole rings is 1. The van der Waals surface area contributed by atoms with Crippen LogP contribution in [0.25, 0.3) is 27.8 Å². The Bertz CT molecular complexity index is 1560. The van der Waals surface area contributed by atoms with E-state index >= 15 is 0 Å². The van der Waals surface area contributed by atoms with Gasteiger partial charge in [0.2, 0.25) is 16.0 Å². The van der Waals surface area contributed by atoms with Gasteiger partial charge in [-0.2, -0.15) is 5.10 Å². The second-order valence-corrected chi connectivity index (χ2v) is 9.62. The molecule has 4 aromatic heterocycles. The first kappa shape index (κ1) is 20.1. The van der Waals surface area contributed by atoms with E-state index in [1.807, 2.05) is 48.7 Å². The molecule has 0 saturated carbocycles. The van der Waals surface area contributed by atoms with Crippen LogP contribution in [-0.2, 0) is 10.0 Å². The van der Waals surface area contributed by atoms with Gasteiger partial charge in [-0.15, -0.1) is 0 Å². The molecule has 0 atom stereocenters. The SMILES string of the molecule is CCS(=O)(=O)Nc1cc(-c2cc3nc(C)cn3c(Nc3cc(C)[nH]n3)n2)cc2cc[nH]c12. The zero-order chi connectivity index (χ0) is 22.5. The summed E-state index contributed by atoms with van der Waals surface area (Å²) < 4.78 is 29.0. The number of H-pyrrole nitrogens is 2. The number of aromatic amines is 2. The molecule has 32 heavy (non-hydrogen) atoms. The van der Waals surface area contributed by atoms with Crippen LogP contribution < -0.4 is 10.0 Å². The number of rotatable bonds is 6. The standard InChI is InChI=1S/C21H22N8O2S/c1-4-32(30,31)28-17-9-15(8-14-5-6-22-20(14)17)16-10-19-23-13(3)11-29(19)21(24-16)25-18-7-12(2)26-27-18/h5-11,22,28H,4H2,1-3H3,(H2,24,25,26,27). The van der Waals surface area contributed by atoms with Crippen molar-refractivity contribution in [3.05, 3.63) is 54.1 Å². The Kier molecular flexibility index (Phi) is 4.63. The number of sulfonamides is 1. The van der Waals surface area contributed by atoms with Gasteiger partial charge in [0.05, 0.1) is 28.3 Å². The van der Waals surface area contributed by atoms with Gasteiger partial charge in [0, 0.05) is 41.2 Å². The molecule has 164 valence electrons. The number of aromatic nitrogens is 6. The first-order valence-electron chi connectivity index (χ1n) is 10.1. The molecule has 0 unspecified atom stereocenters. The van der Waals surface area contributed by atoms with Crippen LogP contribution in [-0.4, -0.2) is 43.7 Å². The minimum atomic E-state index is -3.45. The molecule has 0 spiro atoms. The van der Waals surface area contributed by atoms with Crippen LogP contribution in [0.3, 0.4) is 0 Å². The Morgan fingerprint density at radius 3 is 2.72 bits per heavy atom. The minimum Gasteiger partial charge on any atom is -0.359 e. The molecule has 0 aliphatic carbocycles. The molecule has 10 nitrogen and oxygen atoms in total. The summed E-state index contributed by atoms with van der Waals surface area (Å²) in [6.07, 6.45) is 3.67. The Morgan fingerprint density at radius 1 is 1.12 bits per heavy atom. The summed E-state index contributed by atoms with van der Waals surface area (Å²) in [6, 6.07) is 9.40. The van der Waals surface area contributed by atoms with E-state index in [-0.39, 0.29) is 5.75 Å². The lowest BCUT2D eigenvalue weighted by Gasteiger charge is -2.12. The predicted octanol–water partition coefficient (Wildman–Crippen LogP) is 3.72. The first-order chi connectivity index (χ1) is 15.3. The van der Waals surface area contributed by atoms with Gasteiger partial charge >= 0.3 is 0 Å². The molecule has 5 aromatic rings. The molecule has 0 amide bonds. The molecule has 0 aliphatic heterocycles. The van der Waals surface area contributed by atoms with Gasteiger partial charge in [-0.05, 0) is 39.0 Å². The summed E-state index contributed by atoms with van der Waals surface area (Å²) in [7, 11) is -3.45. The summed E-state index contributed by atoms with van der Waals surface area (Å²) in [4.78, 5) is 12.5. The van der Waals surface area contributed by atoms with Crippen molar-refractivity contribution in [1.82, 2.24) is 29.5 Å². The molecule has 0 fully saturated rings. The van der Waals surface area contributed by atoms with E-state index in [1.54, 1.807) is 19.2 Å². The quantitative estimate of drug-likeness (QED) is 0.312. The third-order valence-electron chi connectivity index (χ3n) is 5.12. The summed E-state index contributed by atoms with van der Waals surface area (Å²) in [6.45, 7) is 5.44. The molecule has 11 heteroatoms. The Balaban J connectivity index is 1.67. The summed E-state index contributed by atoms with van der Waals surface area (Å²) >= 11 is 0. The molecule has 0 aliphatic rings. The molecule has 4 N–H and O–H groups in total. The molecular formula is C21H22N8O2S. The lowest BCUT2D eigenvalue weighted by molar-refractivity contribution is 0.602. The number of nitrogens with one attached hydrogen (secondary N) is 4. The predicted molar refractivity (Wildman–Crippen MR) is 125 cm³/mol. The van der Waals surface area contributed by atoms with Crippen LogP contribution in [0, 0.1) is 13.8 Å². The summed E-state index contributed by atoms with van der Waals surface area (Å²) in [5, 5.41) is 11.2. The smallest absolute Gasteiger partial charge is 0.232 e. The van der Waals surface area contributed by atoms with E-state index in [4.69, 9.17) is 4.98 Å². The van der Waals surface area contributed by atoms with E-state index in [1.165, 1.54) is 0 Å². The second kappa shape index (κ2) is 7.38. The van der Waals surface area contributed by atoms with Crippen molar-refractivity contribution in [3.8, 4) is 11.3 Å². The van der Waals surface area contributed by atoms with Crippen molar-refractivity contribution in [3.63, 3.8) is 0 Å². The van der Waals surface area contributed by atoms with E-state index in [9.17, 15) is 8.42 Å². The van der Waals surface area contributed by atoms with Crippen molar-refractivity contribution in [2.45, 2.75) is 20.8 Å². The molecule has 0 bridgehead atoms. The third-order valence-corrected chi connectivity index (χ3v) is 6.41. The van der Waals surface area contributed by atoms with Crippen LogP contribution in [0.4, 0.5) is 17.5 Å². The van der Waals surface area contributed by atoms with Crippen LogP contribution >= 0.6 is 0 Å². The number of nitrogens with zero attached hydrogens (tertiary/aromatic N) is 4. The van der Waals surface area contributed by atoms with Crippen LogP contribution in [0.2, 0.25) is 0 Å². The maximum absolute atomic E-state index is 12.2. The van der Waals surface area contributed by atoms with Crippen molar-refractivity contribution < 1.29 is 8.42 Å². The fourth-order valence-corrected chi connectivity index (χ4v) is 4.22. The zero-order valence-corrected chi connectivity index (χ0v) is 18.6. The highest BCUT2D eigenvalue weighted by molar-refractivity contribution is 7.92. The topological polar surface area (TPSA) is 133 Å². The number of benzene rings is 1. The van der Waals surface area contributed by atoms with Gasteiger partial charge in [0.15, 0.2) is 5.82 Å². The lowest BCUT2D eigenvalue weighted by Crippen LogP contribution is -2.15. The maximum Gasteiger partial charge on any atom is 0.232 e. The van der Waals surface area contributed by atoms with Gasteiger partial charge in [0.1, 0.15) is 5.65 Å². The Hall–Kier alpha value is -3.86. The maximum atomic E-state index is 12.2. The summed E-state index contributed by atoms with van der Waals surface area (Å²) in [5.74, 6) is 1.17. The highest BCUT2D eigenvalue weighted by Gasteiger charge is 2.16. The second-order valence-electron chi connectivity index (χ2n) is 7.61. The normalized spacial score (nSPS) is 12.0. The van der Waals surface area contributed by atoms with E-state index in [0.29, 0.717) is 34.3 Å². The lowest BCUT2D eigenvalue weighted by atomic mass is 10.1. The van der Waals surface area contributed by atoms with Gasteiger partial charge in [-0.1, -0.05) is 0 Å². The van der Waals surface area contributed by atoms with Crippen LogP contribution in [0.5, 0.6) is 0 Å². The van der Waals surface area contributed by atoms with E-state index < -0.39 is 10.0 Å². The van der Waals surface area contributed by atoms with Gasteiger partial charge in [-0.3, -0.25) is 14.2 Å². The Labute approximate surface area is 184 Å². The van der Waals surface area contributed by atoms with Crippen molar-refractivity contribution in [1.29, 1.82) is 0 Å². The van der Waals surface area contributed by atoms with E-state index in [2.05, 4.69) is 30.2 Å². The Morgan fingerprint density at radius 2 is 1.97 bits per heavy atom. The van der Waals surface area contributed by atoms with Crippen molar-refractivity contribution in [2.75, 3.05) is 15.8 Å². The molecule has 0 saturated heterocycles. The molecule has 0 radical (unpaired) electrons. The highest BCUT2D eigenvalue weighted by Crippen LogP contribution is 2.32. The average Bonchev–Trinajstić information content (AvgIpc) is 3.47. The molecule has 1 aromatic carbocycles. The number of anilines is 3.